The molecule has 0 radical (unpaired) electrons. The average Bonchev–Trinajstić information content (AvgIpc) is 3.49. The summed E-state index contributed by atoms with van der Waals surface area (Å²) >= 11 is 0. The number of carbonyl (C=O) groups excluding carboxylic acids is 1. The molecule has 198 valence electrons. The first-order chi connectivity index (χ1) is 19.6. The Labute approximate surface area is 226 Å². The van der Waals surface area contributed by atoms with Gasteiger partial charge in [0.05, 0.1) is 29.0 Å². The Hall–Kier alpha value is -5.56. The summed E-state index contributed by atoms with van der Waals surface area (Å²) in [5.41, 5.74) is 4.58. The quantitative estimate of drug-likeness (QED) is 0.176. The summed E-state index contributed by atoms with van der Waals surface area (Å²) in [4.78, 5) is 54.9. The van der Waals surface area contributed by atoms with Gasteiger partial charge in [0.15, 0.2) is 11.5 Å². The van der Waals surface area contributed by atoms with Gasteiger partial charge in [0, 0.05) is 18.0 Å². The third kappa shape index (κ3) is 4.29. The first kappa shape index (κ1) is 24.8. The van der Waals surface area contributed by atoms with E-state index in [1.165, 1.54) is 24.2 Å². The van der Waals surface area contributed by atoms with E-state index < -0.39 is 11.9 Å². The number of fused-ring (bicyclic) bond motifs is 2. The molecule has 4 heterocycles. The number of hydrogen-bond donors (Lipinski definition) is 4. The van der Waals surface area contributed by atoms with Gasteiger partial charge in [0.1, 0.15) is 17.7 Å². The van der Waals surface area contributed by atoms with Crippen molar-refractivity contribution in [3.8, 4) is 16.8 Å². The fourth-order valence-electron chi connectivity index (χ4n) is 4.57. The van der Waals surface area contributed by atoms with Gasteiger partial charge in [-0.3, -0.25) is 19.4 Å². The largest absolute Gasteiger partial charge is 0.358 e. The smallest absolute Gasteiger partial charge is 0.312 e. The number of anilines is 1. The molecule has 0 spiro atoms. The number of amides is 1. The van der Waals surface area contributed by atoms with Crippen molar-refractivity contribution in [2.24, 2.45) is 0 Å². The topological polar surface area (TPSA) is 176 Å². The van der Waals surface area contributed by atoms with Crippen LogP contribution in [0.15, 0.2) is 78.4 Å². The van der Waals surface area contributed by atoms with Gasteiger partial charge in [0.2, 0.25) is 5.82 Å². The predicted molar refractivity (Wildman–Crippen MR) is 146 cm³/mol. The molecule has 4 N–H and O–H groups in total. The highest BCUT2D eigenvalue weighted by Crippen LogP contribution is 2.29. The van der Waals surface area contributed by atoms with E-state index in [-0.39, 0.29) is 11.4 Å². The van der Waals surface area contributed by atoms with Gasteiger partial charge in [-0.1, -0.05) is 37.3 Å². The van der Waals surface area contributed by atoms with Crippen molar-refractivity contribution in [3.63, 3.8) is 0 Å². The highest BCUT2D eigenvalue weighted by atomic mass is 16.5. The minimum absolute atomic E-state index is 0.207. The van der Waals surface area contributed by atoms with Crippen LogP contribution in [0.2, 0.25) is 0 Å². The van der Waals surface area contributed by atoms with Crippen molar-refractivity contribution < 1.29 is 10.0 Å². The lowest BCUT2D eigenvalue weighted by atomic mass is 10.0. The van der Waals surface area contributed by atoms with Crippen LogP contribution >= 0.6 is 0 Å². The van der Waals surface area contributed by atoms with E-state index in [1.54, 1.807) is 29.1 Å². The second kappa shape index (κ2) is 10.3. The number of nitrogens with one attached hydrogen (secondary N) is 3. The first-order valence-corrected chi connectivity index (χ1v) is 12.4. The Balaban J connectivity index is 1.55. The molecular formula is C27H22N10O3. The molecule has 0 aliphatic heterocycles. The van der Waals surface area contributed by atoms with E-state index >= 15 is 0 Å². The minimum Gasteiger partial charge on any atom is -0.358 e. The minimum atomic E-state index is -0.837. The van der Waals surface area contributed by atoms with Gasteiger partial charge in [0.25, 0.3) is 5.56 Å². The molecule has 13 heteroatoms. The lowest BCUT2D eigenvalue weighted by molar-refractivity contribution is 0.0694. The van der Waals surface area contributed by atoms with Crippen LogP contribution < -0.4 is 16.4 Å². The molecule has 0 bridgehead atoms. The maximum atomic E-state index is 14.3. The van der Waals surface area contributed by atoms with E-state index in [0.717, 1.165) is 0 Å². The van der Waals surface area contributed by atoms with Crippen molar-refractivity contribution in [3.05, 3.63) is 95.6 Å². The number of benzene rings is 2. The number of hydrogen-bond acceptors (Lipinski definition) is 10. The molecule has 4 aromatic heterocycles. The van der Waals surface area contributed by atoms with Crippen LogP contribution in [0.3, 0.4) is 0 Å². The molecule has 1 atom stereocenters. The highest BCUT2D eigenvalue weighted by Gasteiger charge is 2.23. The zero-order chi connectivity index (χ0) is 27.6. The molecule has 1 amide bonds. The van der Waals surface area contributed by atoms with E-state index in [0.29, 0.717) is 56.9 Å². The summed E-state index contributed by atoms with van der Waals surface area (Å²) in [5.74, 6) is -0.0286. The van der Waals surface area contributed by atoms with Crippen molar-refractivity contribution in [2.45, 2.75) is 19.4 Å². The maximum absolute atomic E-state index is 14.3. The summed E-state index contributed by atoms with van der Waals surface area (Å²) in [5, 5.41) is 12.6. The number of nitrogens with zero attached hydrogens (tertiary/aromatic N) is 7. The fourth-order valence-corrected chi connectivity index (χ4v) is 4.57. The molecule has 2 aromatic carbocycles. The third-order valence-electron chi connectivity index (χ3n) is 6.45. The van der Waals surface area contributed by atoms with Gasteiger partial charge < -0.3 is 10.3 Å². The van der Waals surface area contributed by atoms with Crippen LogP contribution in [0.25, 0.3) is 38.9 Å². The lowest BCUT2D eigenvalue weighted by Gasteiger charge is -2.22. The molecule has 40 heavy (non-hydrogen) atoms. The monoisotopic (exact) mass is 534 g/mol. The lowest BCUT2D eigenvalue weighted by Crippen LogP contribution is -2.28. The van der Waals surface area contributed by atoms with Crippen molar-refractivity contribution in [1.29, 1.82) is 0 Å². The van der Waals surface area contributed by atoms with E-state index in [1.807, 2.05) is 37.3 Å². The summed E-state index contributed by atoms with van der Waals surface area (Å²) < 4.78 is 1.59. The Bertz CT molecular complexity index is 1900. The zero-order valence-corrected chi connectivity index (χ0v) is 21.1. The van der Waals surface area contributed by atoms with Crippen LogP contribution in [0, 0.1) is 0 Å². The van der Waals surface area contributed by atoms with E-state index in [2.05, 4.69) is 35.2 Å². The normalized spacial score (nSPS) is 11.9. The fraction of sp³-hybridized carbons (Fsp3) is 0.111. The Morgan fingerprint density at radius 2 is 1.82 bits per heavy atom. The SMILES string of the molecule is CCC(Nc1ncnc2[nH]cnc12)c1nc2cccc(-c3cnc(C(=O)NO)nc3)c2c(=O)n1-c1ccccc1. The van der Waals surface area contributed by atoms with Crippen LogP contribution in [-0.4, -0.2) is 50.6 Å². The summed E-state index contributed by atoms with van der Waals surface area (Å²) in [6, 6.07) is 14.2. The average molecular weight is 535 g/mol. The molecule has 6 rings (SSSR count). The number of aromatic amines is 1. The zero-order valence-electron chi connectivity index (χ0n) is 21.1. The number of hydroxylamine groups is 1. The number of aromatic nitrogens is 8. The second-order valence-corrected chi connectivity index (χ2v) is 8.81. The summed E-state index contributed by atoms with van der Waals surface area (Å²) in [6.07, 6.45) is 6.42. The van der Waals surface area contributed by atoms with Gasteiger partial charge in [-0.05, 0) is 30.2 Å². The number of rotatable bonds is 7. The van der Waals surface area contributed by atoms with Crippen molar-refractivity contribution in [2.75, 3.05) is 5.32 Å². The molecule has 13 nitrogen and oxygen atoms in total. The highest BCUT2D eigenvalue weighted by molar-refractivity contribution is 5.94. The van der Waals surface area contributed by atoms with Gasteiger partial charge in [-0.25, -0.2) is 35.4 Å². The Morgan fingerprint density at radius 1 is 1.02 bits per heavy atom. The van der Waals surface area contributed by atoms with Gasteiger partial charge >= 0.3 is 5.91 Å². The second-order valence-electron chi connectivity index (χ2n) is 8.81. The summed E-state index contributed by atoms with van der Waals surface area (Å²) in [6.45, 7) is 1.99. The third-order valence-corrected chi connectivity index (χ3v) is 6.45. The standard InChI is InChI=1S/C27H22N10O3/c1-2-18(34-23-21-22(31-13-30-21)32-14-33-23)25-35-19-10-6-9-17(15-11-28-24(29-12-15)26(38)36-40)20(19)27(39)37(25)16-7-4-3-5-8-16/h3-14,18,40H,2H2,1H3,(H,36,38)(H2,30,31,32,33,34). The van der Waals surface area contributed by atoms with Crippen LogP contribution in [0.1, 0.15) is 35.8 Å². The maximum Gasteiger partial charge on any atom is 0.312 e. The number of H-pyrrole nitrogens is 1. The van der Waals surface area contributed by atoms with Crippen LogP contribution in [0.5, 0.6) is 0 Å². The Morgan fingerprint density at radius 3 is 2.58 bits per heavy atom. The molecule has 0 fully saturated rings. The van der Waals surface area contributed by atoms with Crippen molar-refractivity contribution >= 4 is 33.8 Å². The molecule has 6 aromatic rings. The van der Waals surface area contributed by atoms with Crippen LogP contribution in [-0.2, 0) is 0 Å². The molecule has 0 saturated heterocycles. The molecule has 0 aliphatic carbocycles. The molecule has 0 aliphatic rings. The number of para-hydroxylation sites is 1. The summed E-state index contributed by atoms with van der Waals surface area (Å²) in [7, 11) is 0. The number of imidazole rings is 1. The predicted octanol–water partition coefficient (Wildman–Crippen LogP) is 3.19. The molecular weight excluding hydrogens is 512 g/mol. The van der Waals surface area contributed by atoms with E-state index in [9.17, 15) is 9.59 Å². The van der Waals surface area contributed by atoms with Crippen molar-refractivity contribution in [1.82, 2.24) is 44.9 Å². The van der Waals surface area contributed by atoms with E-state index in [4.69, 9.17) is 10.2 Å². The number of carbonyl (C=O) groups is 1. The first-order valence-electron chi connectivity index (χ1n) is 12.4. The van der Waals surface area contributed by atoms with Gasteiger partial charge in [-0.15, -0.1) is 0 Å². The molecule has 1 unspecified atom stereocenters. The Kier molecular flexibility index (Phi) is 6.38. The van der Waals surface area contributed by atoms with Gasteiger partial charge in [-0.2, -0.15) is 0 Å². The van der Waals surface area contributed by atoms with Crippen LogP contribution in [0.4, 0.5) is 5.82 Å². The molecule has 0 saturated carbocycles.